The second-order valence-electron chi connectivity index (χ2n) is 5.95. The molecule has 0 aliphatic rings. The van der Waals surface area contributed by atoms with E-state index >= 15 is 0 Å². The molecule has 0 saturated carbocycles. The van der Waals surface area contributed by atoms with Crippen LogP contribution < -0.4 is 0 Å². The van der Waals surface area contributed by atoms with Crippen molar-refractivity contribution in [2.24, 2.45) is 0 Å². The van der Waals surface area contributed by atoms with Crippen LogP contribution in [0.25, 0.3) is 10.9 Å². The highest BCUT2D eigenvalue weighted by molar-refractivity contribution is 6.30. The second-order valence-corrected chi connectivity index (χ2v) is 6.39. The molecule has 0 N–H and O–H groups in total. The van der Waals surface area contributed by atoms with Crippen LogP contribution >= 0.6 is 11.6 Å². The van der Waals surface area contributed by atoms with Crippen LogP contribution in [0.3, 0.4) is 0 Å². The molecule has 2 heterocycles. The van der Waals surface area contributed by atoms with E-state index < -0.39 is 12.1 Å². The fraction of sp³-hybridized carbons (Fsp3) is 0.100. The first kappa shape index (κ1) is 17.2. The summed E-state index contributed by atoms with van der Waals surface area (Å²) in [4.78, 5) is 21.0. The Balaban J connectivity index is 1.61. The lowest BCUT2D eigenvalue weighted by atomic mass is 10.1. The van der Waals surface area contributed by atoms with Crippen LogP contribution in [-0.4, -0.2) is 25.7 Å². The Labute approximate surface area is 160 Å². The number of benzene rings is 2. The van der Waals surface area contributed by atoms with Gasteiger partial charge in [-0.15, -0.1) is 0 Å². The van der Waals surface area contributed by atoms with Crippen LogP contribution in [0.1, 0.15) is 22.2 Å². The predicted octanol–water partition coefficient (Wildman–Crippen LogP) is 4.08. The van der Waals surface area contributed by atoms with E-state index in [1.165, 1.54) is 6.33 Å². The van der Waals surface area contributed by atoms with Gasteiger partial charge in [0, 0.05) is 10.4 Å². The molecule has 4 aromatic rings. The number of carbonyl (C=O) groups is 1. The normalized spacial score (nSPS) is 12.0. The lowest BCUT2D eigenvalue weighted by molar-refractivity contribution is 0.0240. The van der Waals surface area contributed by atoms with Crippen LogP contribution in [0.15, 0.2) is 73.3 Å². The molecule has 6 nitrogen and oxygen atoms in total. The molecule has 2 aromatic carbocycles. The standard InChI is InChI=1S/C20H15ClN4O2/c21-16-8-5-15(6-9-16)19(11-25-13-22-12-23-25)27-20(26)18-10-7-14-3-1-2-4-17(14)24-18/h1-10,12-13,19H,11H2. The highest BCUT2D eigenvalue weighted by Gasteiger charge is 2.20. The van der Waals surface area contributed by atoms with Gasteiger partial charge in [-0.25, -0.2) is 19.4 Å². The molecule has 0 amide bonds. The molecular formula is C20H15ClN4O2. The Morgan fingerprint density at radius 2 is 1.89 bits per heavy atom. The van der Waals surface area contributed by atoms with Gasteiger partial charge in [0.2, 0.25) is 0 Å². The van der Waals surface area contributed by atoms with Gasteiger partial charge in [0.25, 0.3) is 0 Å². The highest BCUT2D eigenvalue weighted by atomic mass is 35.5. The summed E-state index contributed by atoms with van der Waals surface area (Å²) in [6.45, 7) is 0.334. The Bertz CT molecular complexity index is 1070. The van der Waals surface area contributed by atoms with E-state index in [0.717, 1.165) is 16.5 Å². The summed E-state index contributed by atoms with van der Waals surface area (Å²) in [5.41, 5.74) is 1.81. The topological polar surface area (TPSA) is 69.9 Å². The van der Waals surface area contributed by atoms with E-state index in [0.29, 0.717) is 11.6 Å². The van der Waals surface area contributed by atoms with Crippen LogP contribution in [0, 0.1) is 0 Å². The molecule has 0 spiro atoms. The Morgan fingerprint density at radius 1 is 1.07 bits per heavy atom. The van der Waals surface area contributed by atoms with Crippen molar-refractivity contribution in [1.82, 2.24) is 19.7 Å². The summed E-state index contributed by atoms with van der Waals surface area (Å²) in [6.07, 6.45) is 2.46. The first-order chi connectivity index (χ1) is 13.2. The molecular weight excluding hydrogens is 364 g/mol. The van der Waals surface area contributed by atoms with Gasteiger partial charge < -0.3 is 4.74 Å². The number of hydrogen-bond donors (Lipinski definition) is 0. The van der Waals surface area contributed by atoms with Crippen LogP contribution in [0.2, 0.25) is 5.02 Å². The van der Waals surface area contributed by atoms with Crippen molar-refractivity contribution in [1.29, 1.82) is 0 Å². The molecule has 0 aliphatic carbocycles. The molecule has 1 unspecified atom stereocenters. The maximum Gasteiger partial charge on any atom is 0.357 e. The Kier molecular flexibility index (Phi) is 4.80. The second kappa shape index (κ2) is 7.55. The third kappa shape index (κ3) is 3.96. The summed E-state index contributed by atoms with van der Waals surface area (Å²) < 4.78 is 7.36. The maximum atomic E-state index is 12.7. The minimum atomic E-state index is -0.551. The molecule has 0 bridgehead atoms. The third-order valence-electron chi connectivity index (χ3n) is 4.12. The van der Waals surface area contributed by atoms with Gasteiger partial charge in [-0.05, 0) is 29.8 Å². The van der Waals surface area contributed by atoms with Gasteiger partial charge in [0.05, 0.1) is 12.1 Å². The van der Waals surface area contributed by atoms with E-state index in [4.69, 9.17) is 16.3 Å². The number of pyridine rings is 1. The van der Waals surface area contributed by atoms with Crippen molar-refractivity contribution in [2.45, 2.75) is 12.6 Å². The molecule has 1 atom stereocenters. The molecule has 0 saturated heterocycles. The number of halogens is 1. The first-order valence-corrected chi connectivity index (χ1v) is 8.71. The van der Waals surface area contributed by atoms with Gasteiger partial charge in [-0.1, -0.05) is 48.0 Å². The van der Waals surface area contributed by atoms with Gasteiger partial charge in [-0.2, -0.15) is 5.10 Å². The molecule has 0 aliphatic heterocycles. The monoisotopic (exact) mass is 378 g/mol. The van der Waals surface area contributed by atoms with Gasteiger partial charge in [0.15, 0.2) is 0 Å². The summed E-state index contributed by atoms with van der Waals surface area (Å²) in [7, 11) is 0. The zero-order valence-corrected chi connectivity index (χ0v) is 15.0. The number of ether oxygens (including phenoxy) is 1. The number of aromatic nitrogens is 4. The number of esters is 1. The smallest absolute Gasteiger partial charge is 0.357 e. The number of rotatable bonds is 5. The van der Waals surface area contributed by atoms with Gasteiger partial charge in [0.1, 0.15) is 24.5 Å². The highest BCUT2D eigenvalue weighted by Crippen LogP contribution is 2.23. The Hall–Kier alpha value is -3.25. The largest absolute Gasteiger partial charge is 0.451 e. The molecule has 2 aromatic heterocycles. The fourth-order valence-corrected chi connectivity index (χ4v) is 2.88. The predicted molar refractivity (Wildman–Crippen MR) is 101 cm³/mol. The third-order valence-corrected chi connectivity index (χ3v) is 4.37. The van der Waals surface area contributed by atoms with E-state index in [1.54, 1.807) is 29.2 Å². The fourth-order valence-electron chi connectivity index (χ4n) is 2.75. The number of nitrogens with zero attached hydrogens (tertiary/aromatic N) is 4. The lowest BCUT2D eigenvalue weighted by Crippen LogP contribution is -2.18. The van der Waals surface area contributed by atoms with Crippen LogP contribution in [-0.2, 0) is 11.3 Å². The minimum Gasteiger partial charge on any atom is -0.451 e. The summed E-state index contributed by atoms with van der Waals surface area (Å²) in [6, 6.07) is 18.3. The zero-order chi connectivity index (χ0) is 18.6. The van der Waals surface area contributed by atoms with Crippen molar-refractivity contribution in [3.63, 3.8) is 0 Å². The van der Waals surface area contributed by atoms with Crippen molar-refractivity contribution in [2.75, 3.05) is 0 Å². The molecule has 7 heteroatoms. The van der Waals surface area contributed by atoms with E-state index in [2.05, 4.69) is 15.1 Å². The van der Waals surface area contributed by atoms with Gasteiger partial charge in [-0.3, -0.25) is 0 Å². The van der Waals surface area contributed by atoms with E-state index in [1.807, 2.05) is 42.5 Å². The first-order valence-electron chi connectivity index (χ1n) is 8.34. The average Bonchev–Trinajstić information content (AvgIpc) is 3.21. The Morgan fingerprint density at radius 3 is 2.67 bits per heavy atom. The maximum absolute atomic E-state index is 12.7. The number of para-hydroxylation sites is 1. The minimum absolute atomic E-state index is 0.256. The summed E-state index contributed by atoms with van der Waals surface area (Å²) >= 11 is 5.97. The average molecular weight is 379 g/mol. The number of carbonyl (C=O) groups excluding carboxylic acids is 1. The van der Waals surface area contributed by atoms with Crippen LogP contribution in [0.5, 0.6) is 0 Å². The number of fused-ring (bicyclic) bond motifs is 1. The van der Waals surface area contributed by atoms with E-state index in [9.17, 15) is 4.79 Å². The molecule has 0 fully saturated rings. The summed E-state index contributed by atoms with van der Waals surface area (Å²) in [5, 5.41) is 5.67. The molecule has 134 valence electrons. The van der Waals surface area contributed by atoms with Crippen molar-refractivity contribution >= 4 is 28.5 Å². The lowest BCUT2D eigenvalue weighted by Gasteiger charge is -2.18. The van der Waals surface area contributed by atoms with E-state index in [-0.39, 0.29) is 5.69 Å². The SMILES string of the molecule is O=C(OC(Cn1cncn1)c1ccc(Cl)cc1)c1ccc2ccccc2n1. The van der Waals surface area contributed by atoms with Gasteiger partial charge >= 0.3 is 5.97 Å². The quantitative estimate of drug-likeness (QED) is 0.489. The van der Waals surface area contributed by atoms with Crippen molar-refractivity contribution in [3.05, 3.63) is 89.6 Å². The van der Waals surface area contributed by atoms with Crippen molar-refractivity contribution in [3.8, 4) is 0 Å². The zero-order valence-electron chi connectivity index (χ0n) is 14.2. The molecule has 4 rings (SSSR count). The number of hydrogen-bond acceptors (Lipinski definition) is 5. The molecule has 0 radical (unpaired) electrons. The van der Waals surface area contributed by atoms with Crippen LogP contribution in [0.4, 0.5) is 0 Å². The molecule has 27 heavy (non-hydrogen) atoms. The summed E-state index contributed by atoms with van der Waals surface area (Å²) in [5.74, 6) is -0.499. The van der Waals surface area contributed by atoms with Crippen molar-refractivity contribution < 1.29 is 9.53 Å².